The van der Waals surface area contributed by atoms with Crippen molar-refractivity contribution in [2.75, 3.05) is 6.61 Å². The second kappa shape index (κ2) is 5.52. The van der Waals surface area contributed by atoms with E-state index in [4.69, 9.17) is 0 Å². The Bertz CT molecular complexity index is 473. The first-order valence-corrected chi connectivity index (χ1v) is 4.75. The predicted molar refractivity (Wildman–Crippen MR) is 52.7 cm³/mol. The van der Waals surface area contributed by atoms with Crippen LogP contribution in [0.3, 0.4) is 0 Å². The van der Waals surface area contributed by atoms with Crippen LogP contribution in [0, 0.1) is 23.3 Å². The Kier molecular flexibility index (Phi) is 4.30. The second-order valence-electron chi connectivity index (χ2n) is 3.04. The van der Waals surface area contributed by atoms with E-state index >= 15 is 0 Å². The minimum absolute atomic E-state index is 0.0185. The van der Waals surface area contributed by atoms with Gasteiger partial charge in [0, 0.05) is 6.07 Å². The van der Waals surface area contributed by atoms with E-state index < -0.39 is 40.7 Å². The molecule has 1 aromatic carbocycles. The lowest BCUT2D eigenvalue weighted by molar-refractivity contribution is -0.141. The maximum Gasteiger partial charge on any atom is 0.373 e. The molecule has 0 fully saturated rings. The monoisotopic (exact) mass is 264 g/mol. The van der Waals surface area contributed by atoms with Crippen molar-refractivity contribution in [2.45, 2.75) is 6.92 Å². The number of halogens is 4. The molecule has 0 amide bonds. The maximum absolute atomic E-state index is 13.2. The molecule has 0 saturated heterocycles. The third-order valence-corrected chi connectivity index (χ3v) is 1.80. The lowest BCUT2D eigenvalue weighted by Gasteiger charge is -2.10. The van der Waals surface area contributed by atoms with E-state index in [0.29, 0.717) is 0 Å². The SMILES string of the molecule is C=C(Oc1c(F)c(F)cc(F)c1F)C(=O)OCC. The van der Waals surface area contributed by atoms with Crippen LogP contribution >= 0.6 is 0 Å². The first-order chi connectivity index (χ1) is 8.38. The average Bonchev–Trinajstić information content (AvgIpc) is 2.32. The molecule has 0 atom stereocenters. The minimum Gasteiger partial charge on any atom is -0.460 e. The fourth-order valence-electron chi connectivity index (χ4n) is 1.02. The van der Waals surface area contributed by atoms with Crippen LogP contribution in [0.5, 0.6) is 5.75 Å². The van der Waals surface area contributed by atoms with Crippen LogP contribution in [0.2, 0.25) is 0 Å². The number of ether oxygens (including phenoxy) is 2. The molecule has 0 aliphatic rings. The van der Waals surface area contributed by atoms with Gasteiger partial charge in [-0.25, -0.2) is 13.6 Å². The number of hydrogen-bond acceptors (Lipinski definition) is 3. The summed E-state index contributed by atoms with van der Waals surface area (Å²) in [6.45, 7) is 4.49. The van der Waals surface area contributed by atoms with Crippen molar-refractivity contribution in [3.05, 3.63) is 41.7 Å². The summed E-state index contributed by atoms with van der Waals surface area (Å²) in [5, 5.41) is 0. The Morgan fingerprint density at radius 1 is 1.22 bits per heavy atom. The van der Waals surface area contributed by atoms with Gasteiger partial charge in [-0.15, -0.1) is 0 Å². The zero-order valence-electron chi connectivity index (χ0n) is 9.23. The van der Waals surface area contributed by atoms with E-state index in [1.165, 1.54) is 6.92 Å². The summed E-state index contributed by atoms with van der Waals surface area (Å²) >= 11 is 0. The fourth-order valence-corrected chi connectivity index (χ4v) is 1.02. The molecule has 0 N–H and O–H groups in total. The Morgan fingerprint density at radius 3 is 2.17 bits per heavy atom. The normalized spacial score (nSPS) is 10.1. The highest BCUT2D eigenvalue weighted by Crippen LogP contribution is 2.27. The number of rotatable bonds is 4. The molecule has 0 unspecified atom stereocenters. The van der Waals surface area contributed by atoms with Gasteiger partial charge in [0.1, 0.15) is 0 Å². The Hall–Kier alpha value is -2.05. The quantitative estimate of drug-likeness (QED) is 0.276. The number of hydrogen-bond donors (Lipinski definition) is 0. The molecule has 7 heteroatoms. The molecular formula is C11H8F4O3. The number of benzene rings is 1. The predicted octanol–water partition coefficient (Wildman–Crippen LogP) is 2.70. The molecule has 0 bridgehead atoms. The van der Waals surface area contributed by atoms with Crippen LogP contribution < -0.4 is 4.74 Å². The van der Waals surface area contributed by atoms with Crippen molar-refractivity contribution >= 4 is 5.97 Å². The van der Waals surface area contributed by atoms with Gasteiger partial charge in [-0.1, -0.05) is 0 Å². The van der Waals surface area contributed by atoms with E-state index in [0.717, 1.165) is 0 Å². The molecule has 0 aromatic heterocycles. The Balaban J connectivity index is 3.05. The summed E-state index contributed by atoms with van der Waals surface area (Å²) in [6.07, 6.45) is 0. The summed E-state index contributed by atoms with van der Waals surface area (Å²) in [5.41, 5.74) is 0. The van der Waals surface area contributed by atoms with Gasteiger partial charge in [-0.2, -0.15) is 8.78 Å². The molecule has 98 valence electrons. The zero-order valence-corrected chi connectivity index (χ0v) is 9.23. The van der Waals surface area contributed by atoms with Gasteiger partial charge in [-0.05, 0) is 13.5 Å². The van der Waals surface area contributed by atoms with E-state index in [-0.39, 0.29) is 12.7 Å². The van der Waals surface area contributed by atoms with Crippen LogP contribution in [0.25, 0.3) is 0 Å². The van der Waals surface area contributed by atoms with Crippen molar-refractivity contribution in [3.63, 3.8) is 0 Å². The first-order valence-electron chi connectivity index (χ1n) is 4.75. The van der Waals surface area contributed by atoms with Crippen molar-refractivity contribution in [3.8, 4) is 5.75 Å². The van der Waals surface area contributed by atoms with Crippen LogP contribution in [0.4, 0.5) is 17.6 Å². The van der Waals surface area contributed by atoms with E-state index in [2.05, 4.69) is 16.1 Å². The lowest BCUT2D eigenvalue weighted by atomic mass is 10.3. The molecule has 1 rings (SSSR count). The lowest BCUT2D eigenvalue weighted by Crippen LogP contribution is -2.13. The summed E-state index contributed by atoms with van der Waals surface area (Å²) < 4.78 is 60.7. The third-order valence-electron chi connectivity index (χ3n) is 1.80. The van der Waals surface area contributed by atoms with Crippen molar-refractivity contribution < 1.29 is 31.8 Å². The summed E-state index contributed by atoms with van der Waals surface area (Å²) in [7, 11) is 0. The van der Waals surface area contributed by atoms with Crippen LogP contribution in [-0.4, -0.2) is 12.6 Å². The van der Waals surface area contributed by atoms with Crippen molar-refractivity contribution in [1.82, 2.24) is 0 Å². The highest BCUT2D eigenvalue weighted by atomic mass is 19.2. The molecule has 18 heavy (non-hydrogen) atoms. The summed E-state index contributed by atoms with van der Waals surface area (Å²) in [6, 6.07) is 0.0185. The first kappa shape index (κ1) is 14.0. The number of carbonyl (C=O) groups is 1. The van der Waals surface area contributed by atoms with Crippen LogP contribution in [0.15, 0.2) is 18.4 Å². The fraction of sp³-hybridized carbons (Fsp3) is 0.182. The van der Waals surface area contributed by atoms with Gasteiger partial charge in [-0.3, -0.25) is 0 Å². The molecule has 0 heterocycles. The second-order valence-corrected chi connectivity index (χ2v) is 3.04. The highest BCUT2D eigenvalue weighted by molar-refractivity contribution is 5.86. The maximum atomic E-state index is 13.2. The molecule has 0 aliphatic heterocycles. The van der Waals surface area contributed by atoms with Gasteiger partial charge in [0.2, 0.25) is 23.1 Å². The topological polar surface area (TPSA) is 35.5 Å². The molecule has 0 spiro atoms. The Labute approximate surface area is 99.6 Å². The van der Waals surface area contributed by atoms with Crippen LogP contribution in [-0.2, 0) is 9.53 Å². The van der Waals surface area contributed by atoms with E-state index in [9.17, 15) is 22.4 Å². The molecular weight excluding hydrogens is 256 g/mol. The summed E-state index contributed by atoms with van der Waals surface area (Å²) in [4.78, 5) is 11.1. The molecule has 0 radical (unpaired) electrons. The average molecular weight is 264 g/mol. The van der Waals surface area contributed by atoms with Crippen LogP contribution in [0.1, 0.15) is 6.92 Å². The molecule has 1 aromatic rings. The van der Waals surface area contributed by atoms with Gasteiger partial charge in [0.25, 0.3) is 0 Å². The molecule has 3 nitrogen and oxygen atoms in total. The van der Waals surface area contributed by atoms with E-state index in [1.807, 2.05) is 0 Å². The van der Waals surface area contributed by atoms with Gasteiger partial charge in [0.15, 0.2) is 11.6 Å². The number of esters is 1. The largest absolute Gasteiger partial charge is 0.460 e. The van der Waals surface area contributed by atoms with Gasteiger partial charge < -0.3 is 9.47 Å². The molecule has 0 aliphatic carbocycles. The summed E-state index contributed by atoms with van der Waals surface area (Å²) in [5.74, 6) is -10.1. The standard InChI is InChI=1S/C11H8F4O3/c1-3-17-11(16)5(2)18-10-8(14)6(12)4-7(13)9(10)15/h4H,2-3H2,1H3. The zero-order chi connectivity index (χ0) is 13.9. The molecule has 0 saturated carbocycles. The van der Waals surface area contributed by atoms with Gasteiger partial charge in [0.05, 0.1) is 6.61 Å². The smallest absolute Gasteiger partial charge is 0.373 e. The highest BCUT2D eigenvalue weighted by Gasteiger charge is 2.23. The van der Waals surface area contributed by atoms with E-state index in [1.54, 1.807) is 0 Å². The van der Waals surface area contributed by atoms with Crippen molar-refractivity contribution in [1.29, 1.82) is 0 Å². The Morgan fingerprint density at radius 2 is 1.72 bits per heavy atom. The minimum atomic E-state index is -1.76. The van der Waals surface area contributed by atoms with Crippen molar-refractivity contribution in [2.24, 2.45) is 0 Å². The van der Waals surface area contributed by atoms with Gasteiger partial charge >= 0.3 is 5.97 Å². The third kappa shape index (κ3) is 2.79. The number of carbonyl (C=O) groups excluding carboxylic acids is 1.